The summed E-state index contributed by atoms with van der Waals surface area (Å²) in [4.78, 5) is 0. The van der Waals surface area contributed by atoms with E-state index in [1.165, 1.54) is 64.2 Å². The van der Waals surface area contributed by atoms with Crippen molar-refractivity contribution in [1.82, 2.24) is 0 Å². The Morgan fingerprint density at radius 3 is 1.90 bits per heavy atom. The van der Waals surface area contributed by atoms with Crippen LogP contribution in [0, 0.1) is 11.8 Å². The molecule has 2 aliphatic carbocycles. The Morgan fingerprint density at radius 2 is 1.38 bits per heavy atom. The molecule has 3 N–H and O–H groups in total. The molecule has 2 aliphatic rings. The van der Waals surface area contributed by atoms with Crippen molar-refractivity contribution in [2.24, 2.45) is 17.6 Å². The average Bonchev–Trinajstić information content (AvgIpc) is 2.47. The zero-order valence-corrected chi connectivity index (χ0v) is 15.5. The molecule has 0 spiro atoms. The lowest BCUT2D eigenvalue weighted by molar-refractivity contribution is 0.100. The van der Waals surface area contributed by atoms with Crippen LogP contribution in [0.15, 0.2) is 0 Å². The van der Waals surface area contributed by atoms with E-state index in [2.05, 4.69) is 0 Å². The summed E-state index contributed by atoms with van der Waals surface area (Å²) >= 11 is 4.70. The van der Waals surface area contributed by atoms with Gasteiger partial charge in [-0.3, -0.25) is 0 Å². The predicted octanol–water partition coefficient (Wildman–Crippen LogP) is 4.37. The summed E-state index contributed by atoms with van der Waals surface area (Å²) in [6.07, 6.45) is 13.6. The third-order valence-corrected chi connectivity index (χ3v) is 5.98. The standard InChI is InChI=1S/C16H31NOS.2ClH/c17-14(11-12-7-3-1-4-8-12)15(18)16(19)13-9-5-2-6-10-13;;/h12-16,18-19H,1-11,17H2;2*1H. The number of thiol groups is 1. The maximum absolute atomic E-state index is 10.5. The van der Waals surface area contributed by atoms with Crippen LogP contribution in [-0.4, -0.2) is 22.5 Å². The fraction of sp³-hybridized carbons (Fsp3) is 1.00. The van der Waals surface area contributed by atoms with Crippen molar-refractivity contribution in [3.8, 4) is 0 Å². The Morgan fingerprint density at radius 1 is 0.905 bits per heavy atom. The Kier molecular flexibility index (Phi) is 11.9. The Hall–Kier alpha value is 0.850. The Balaban J connectivity index is 0.00000200. The molecule has 0 aromatic heterocycles. The van der Waals surface area contributed by atoms with Crippen LogP contribution in [0.5, 0.6) is 0 Å². The fourth-order valence-corrected chi connectivity index (χ4v) is 4.47. The highest BCUT2D eigenvalue weighted by atomic mass is 35.5. The number of hydrogen-bond acceptors (Lipinski definition) is 3. The molecule has 0 aromatic carbocycles. The van der Waals surface area contributed by atoms with Crippen molar-refractivity contribution >= 4 is 37.4 Å². The van der Waals surface area contributed by atoms with E-state index in [9.17, 15) is 5.11 Å². The molecule has 0 heterocycles. The van der Waals surface area contributed by atoms with Crippen LogP contribution in [0.25, 0.3) is 0 Å². The van der Waals surface area contributed by atoms with Gasteiger partial charge in [-0.05, 0) is 31.1 Å². The minimum atomic E-state index is -0.423. The average molecular weight is 358 g/mol. The van der Waals surface area contributed by atoms with E-state index in [1.54, 1.807) is 0 Å². The number of hydrogen-bond donors (Lipinski definition) is 3. The molecule has 0 radical (unpaired) electrons. The minimum Gasteiger partial charge on any atom is -0.390 e. The summed E-state index contributed by atoms with van der Waals surface area (Å²) in [6, 6.07) is -0.0764. The maximum Gasteiger partial charge on any atom is 0.0809 e. The molecule has 2 saturated carbocycles. The second kappa shape index (κ2) is 11.4. The van der Waals surface area contributed by atoms with Gasteiger partial charge in [0, 0.05) is 11.3 Å². The van der Waals surface area contributed by atoms with E-state index in [0.29, 0.717) is 5.92 Å². The van der Waals surface area contributed by atoms with Crippen LogP contribution in [0.3, 0.4) is 0 Å². The molecule has 3 atom stereocenters. The molecular formula is C16H33Cl2NOS. The van der Waals surface area contributed by atoms with Crippen LogP contribution in [-0.2, 0) is 0 Å². The predicted molar refractivity (Wildman–Crippen MR) is 99.0 cm³/mol. The van der Waals surface area contributed by atoms with Gasteiger partial charge in [0.15, 0.2) is 0 Å². The van der Waals surface area contributed by atoms with Gasteiger partial charge in [0.25, 0.3) is 0 Å². The summed E-state index contributed by atoms with van der Waals surface area (Å²) in [5.74, 6) is 1.31. The van der Waals surface area contributed by atoms with Gasteiger partial charge < -0.3 is 10.8 Å². The van der Waals surface area contributed by atoms with E-state index in [0.717, 1.165) is 12.3 Å². The topological polar surface area (TPSA) is 46.2 Å². The highest BCUT2D eigenvalue weighted by Crippen LogP contribution is 2.33. The van der Waals surface area contributed by atoms with Crippen LogP contribution in [0.4, 0.5) is 0 Å². The van der Waals surface area contributed by atoms with E-state index in [4.69, 9.17) is 18.4 Å². The minimum absolute atomic E-state index is 0. The summed E-state index contributed by atoms with van der Waals surface area (Å²) in [7, 11) is 0. The van der Waals surface area contributed by atoms with Crippen molar-refractivity contribution in [2.75, 3.05) is 0 Å². The summed E-state index contributed by atoms with van der Waals surface area (Å²) in [5.41, 5.74) is 6.26. The first kappa shape index (κ1) is 21.9. The molecule has 0 bridgehead atoms. The highest BCUT2D eigenvalue weighted by molar-refractivity contribution is 7.81. The van der Waals surface area contributed by atoms with Crippen LogP contribution < -0.4 is 5.73 Å². The Bertz CT molecular complexity index is 259. The fourth-order valence-electron chi connectivity index (χ4n) is 3.95. The molecule has 21 heavy (non-hydrogen) atoms. The van der Waals surface area contributed by atoms with E-state index in [-0.39, 0.29) is 36.1 Å². The quantitative estimate of drug-likeness (QED) is 0.639. The van der Waals surface area contributed by atoms with Gasteiger partial charge in [-0.15, -0.1) is 24.8 Å². The monoisotopic (exact) mass is 357 g/mol. The van der Waals surface area contributed by atoms with Gasteiger partial charge in [-0.1, -0.05) is 51.4 Å². The van der Waals surface area contributed by atoms with Crippen LogP contribution in [0.2, 0.25) is 0 Å². The number of aliphatic hydroxyl groups excluding tert-OH is 1. The molecule has 128 valence electrons. The van der Waals surface area contributed by atoms with Gasteiger partial charge in [0.2, 0.25) is 0 Å². The number of halogens is 2. The molecule has 2 nitrogen and oxygen atoms in total. The first-order valence-corrected chi connectivity index (χ1v) is 8.82. The van der Waals surface area contributed by atoms with Gasteiger partial charge in [0.05, 0.1) is 6.10 Å². The first-order valence-electron chi connectivity index (χ1n) is 8.30. The highest BCUT2D eigenvalue weighted by Gasteiger charge is 2.31. The molecule has 2 fully saturated rings. The molecular weight excluding hydrogens is 325 g/mol. The summed E-state index contributed by atoms with van der Waals surface area (Å²) in [6.45, 7) is 0. The van der Waals surface area contributed by atoms with Gasteiger partial charge >= 0.3 is 0 Å². The first-order chi connectivity index (χ1) is 9.18. The molecule has 0 aliphatic heterocycles. The van der Waals surface area contributed by atoms with Crippen molar-refractivity contribution in [3.63, 3.8) is 0 Å². The summed E-state index contributed by atoms with van der Waals surface area (Å²) < 4.78 is 0. The second-order valence-electron chi connectivity index (χ2n) is 6.78. The smallest absolute Gasteiger partial charge is 0.0809 e. The van der Waals surface area contributed by atoms with Crippen molar-refractivity contribution in [2.45, 2.75) is 88.0 Å². The van der Waals surface area contributed by atoms with E-state index < -0.39 is 6.10 Å². The lowest BCUT2D eigenvalue weighted by atomic mass is 9.80. The second-order valence-corrected chi connectivity index (χ2v) is 7.38. The number of nitrogens with two attached hydrogens (primary N) is 1. The third-order valence-electron chi connectivity index (χ3n) is 5.25. The zero-order chi connectivity index (χ0) is 13.7. The van der Waals surface area contributed by atoms with Crippen molar-refractivity contribution in [3.05, 3.63) is 0 Å². The van der Waals surface area contributed by atoms with Gasteiger partial charge in [0.1, 0.15) is 0 Å². The third kappa shape index (κ3) is 6.87. The van der Waals surface area contributed by atoms with Crippen LogP contribution in [0.1, 0.15) is 70.6 Å². The molecule has 0 aromatic rings. The van der Waals surface area contributed by atoms with Crippen molar-refractivity contribution < 1.29 is 5.11 Å². The molecule has 0 saturated heterocycles. The molecule has 3 unspecified atom stereocenters. The van der Waals surface area contributed by atoms with Crippen LogP contribution >= 0.6 is 37.4 Å². The number of aliphatic hydroxyl groups is 1. The van der Waals surface area contributed by atoms with Gasteiger partial charge in [-0.25, -0.2) is 0 Å². The normalized spacial score (nSPS) is 25.3. The van der Waals surface area contributed by atoms with Gasteiger partial charge in [-0.2, -0.15) is 12.6 Å². The zero-order valence-electron chi connectivity index (χ0n) is 13.0. The largest absolute Gasteiger partial charge is 0.390 e. The van der Waals surface area contributed by atoms with E-state index in [1.807, 2.05) is 0 Å². The SMILES string of the molecule is Cl.Cl.NC(CC1CCCCC1)C(O)C(S)C1CCCCC1. The summed E-state index contributed by atoms with van der Waals surface area (Å²) in [5, 5.41) is 10.6. The lowest BCUT2D eigenvalue weighted by Gasteiger charge is -2.34. The molecule has 5 heteroatoms. The Labute approximate surface area is 148 Å². The van der Waals surface area contributed by atoms with Crippen molar-refractivity contribution in [1.29, 1.82) is 0 Å². The maximum atomic E-state index is 10.5. The van der Waals surface area contributed by atoms with E-state index >= 15 is 0 Å². The number of rotatable bonds is 5. The molecule has 2 rings (SSSR count). The molecule has 0 amide bonds. The lowest BCUT2D eigenvalue weighted by Crippen LogP contribution is -2.45.